The van der Waals surface area contributed by atoms with Gasteiger partial charge in [0.1, 0.15) is 11.6 Å². The highest BCUT2D eigenvalue weighted by molar-refractivity contribution is 5.82. The number of fused-ring (bicyclic) bond motifs is 1. The lowest BCUT2D eigenvalue weighted by Crippen LogP contribution is -2.19. The van der Waals surface area contributed by atoms with E-state index in [1.807, 2.05) is 0 Å². The van der Waals surface area contributed by atoms with E-state index in [9.17, 15) is 31.5 Å². The van der Waals surface area contributed by atoms with Crippen molar-refractivity contribution in [3.63, 3.8) is 0 Å². The Morgan fingerprint density at radius 2 is 1.71 bits per heavy atom. The largest absolute Gasteiger partial charge is 0.511 e. The third kappa shape index (κ3) is 3.53. The Morgan fingerprint density at radius 1 is 1.07 bits per heavy atom. The van der Waals surface area contributed by atoms with Crippen molar-refractivity contribution in [3.8, 4) is 5.75 Å². The summed E-state index contributed by atoms with van der Waals surface area (Å²) in [4.78, 5) is 23.1. The summed E-state index contributed by atoms with van der Waals surface area (Å²) in [7, 11) is 0. The molecule has 1 N–H and O–H groups in total. The van der Waals surface area contributed by atoms with Gasteiger partial charge in [0.05, 0.1) is 22.7 Å². The maximum absolute atomic E-state index is 14.3. The van der Waals surface area contributed by atoms with Crippen LogP contribution in [-0.4, -0.2) is 15.8 Å². The summed E-state index contributed by atoms with van der Waals surface area (Å²) >= 11 is 0. The minimum atomic E-state index is -4.71. The summed E-state index contributed by atoms with van der Waals surface area (Å²) in [5.74, 6) is -3.11. The summed E-state index contributed by atoms with van der Waals surface area (Å²) < 4.78 is 73.3. The Bertz CT molecular complexity index is 1140. The van der Waals surface area contributed by atoms with Gasteiger partial charge >= 0.3 is 12.3 Å². The number of hydrogen-bond acceptors (Lipinski definition) is 3. The normalized spacial score (nSPS) is 11.6. The van der Waals surface area contributed by atoms with Crippen molar-refractivity contribution < 1.29 is 36.6 Å². The van der Waals surface area contributed by atoms with Crippen molar-refractivity contribution in [2.24, 2.45) is 0 Å². The van der Waals surface area contributed by atoms with Crippen molar-refractivity contribution in [2.45, 2.75) is 12.7 Å². The van der Waals surface area contributed by atoms with Gasteiger partial charge in [-0.05, 0) is 23.8 Å². The highest BCUT2D eigenvalue weighted by Gasteiger charge is 2.33. The fourth-order valence-electron chi connectivity index (χ4n) is 2.84. The quantitative estimate of drug-likeness (QED) is 0.524. The van der Waals surface area contributed by atoms with Crippen molar-refractivity contribution >= 4 is 17.1 Å². The van der Waals surface area contributed by atoms with Gasteiger partial charge in [0.25, 0.3) is 0 Å². The second-order valence-corrected chi connectivity index (χ2v) is 5.73. The number of hydrogen-bond donors (Lipinski definition) is 1. The van der Waals surface area contributed by atoms with E-state index in [1.165, 1.54) is 6.07 Å². The van der Waals surface area contributed by atoms with Crippen LogP contribution in [0.1, 0.15) is 11.1 Å². The molecule has 0 fully saturated rings. The van der Waals surface area contributed by atoms with E-state index in [0.717, 1.165) is 29.0 Å². The number of carboxylic acid groups (broad SMARTS) is 1. The van der Waals surface area contributed by atoms with Gasteiger partial charge in [0.2, 0.25) is 5.43 Å². The number of ether oxygens (including phenoxy) is 1. The van der Waals surface area contributed by atoms with Gasteiger partial charge in [-0.15, -0.1) is 0 Å². The Morgan fingerprint density at radius 3 is 2.36 bits per heavy atom. The summed E-state index contributed by atoms with van der Waals surface area (Å²) in [6, 6.07) is 5.78. The van der Waals surface area contributed by atoms with E-state index in [-0.39, 0.29) is 5.56 Å². The molecule has 3 rings (SSSR count). The molecule has 0 bridgehead atoms. The fourth-order valence-corrected chi connectivity index (χ4v) is 2.84. The first-order chi connectivity index (χ1) is 13.1. The Labute approximate surface area is 153 Å². The van der Waals surface area contributed by atoms with Crippen LogP contribution in [0.4, 0.5) is 26.7 Å². The molecule has 146 valence electrons. The van der Waals surface area contributed by atoms with Crippen LogP contribution in [-0.2, 0) is 12.7 Å². The third-order valence-electron chi connectivity index (χ3n) is 3.95. The molecule has 0 radical (unpaired) electrons. The lowest BCUT2D eigenvalue weighted by atomic mass is 10.1. The molecule has 0 atom stereocenters. The average molecular weight is 399 g/mol. The molecule has 0 aliphatic rings. The number of rotatable bonds is 3. The standard InChI is InChI=1S/C18H10F5NO4/c19-11-5-6-12(20)15-14(11)16(25)13(28-17(26)27)8-24(15)7-9-3-1-2-4-10(9)18(21,22)23/h1-6,8H,7H2,(H,26,27). The molecule has 10 heteroatoms. The van der Waals surface area contributed by atoms with Gasteiger partial charge in [-0.25, -0.2) is 13.6 Å². The molecular formula is C18H10F5NO4. The van der Waals surface area contributed by atoms with Crippen molar-refractivity contribution in [3.05, 3.63) is 75.6 Å². The van der Waals surface area contributed by atoms with E-state index in [1.54, 1.807) is 0 Å². The van der Waals surface area contributed by atoms with Gasteiger partial charge in [-0.2, -0.15) is 13.2 Å². The zero-order valence-electron chi connectivity index (χ0n) is 13.8. The number of carbonyl (C=O) groups is 1. The van der Waals surface area contributed by atoms with Crippen molar-refractivity contribution in [1.82, 2.24) is 4.57 Å². The molecular weight excluding hydrogens is 389 g/mol. The summed E-state index contributed by atoms with van der Waals surface area (Å²) in [6.07, 6.45) is -5.88. The number of nitrogens with zero attached hydrogens (tertiary/aromatic N) is 1. The molecule has 0 spiro atoms. The van der Waals surface area contributed by atoms with E-state index >= 15 is 0 Å². The SMILES string of the molecule is O=C(O)Oc1cn(Cc2ccccc2C(F)(F)F)c2c(F)ccc(F)c2c1=O. The summed E-state index contributed by atoms with van der Waals surface area (Å²) in [5, 5.41) is 7.90. The minimum Gasteiger partial charge on any atom is -0.449 e. The number of alkyl halides is 3. The summed E-state index contributed by atoms with van der Waals surface area (Å²) in [6.45, 7) is -0.622. The van der Waals surface area contributed by atoms with Crippen LogP contribution in [0.15, 0.2) is 47.4 Å². The summed E-state index contributed by atoms with van der Waals surface area (Å²) in [5.41, 5.74) is -3.17. The number of benzene rings is 2. The molecule has 0 saturated heterocycles. The molecule has 0 amide bonds. The molecule has 0 aliphatic heterocycles. The van der Waals surface area contributed by atoms with Gasteiger partial charge in [0.15, 0.2) is 5.75 Å². The van der Waals surface area contributed by atoms with E-state index < -0.39 is 58.2 Å². The number of halogens is 5. The van der Waals surface area contributed by atoms with E-state index in [0.29, 0.717) is 12.1 Å². The lowest BCUT2D eigenvalue weighted by molar-refractivity contribution is -0.138. The van der Waals surface area contributed by atoms with Gasteiger partial charge in [-0.3, -0.25) is 4.79 Å². The van der Waals surface area contributed by atoms with E-state index in [2.05, 4.69) is 4.74 Å². The molecule has 0 saturated carbocycles. The smallest absolute Gasteiger partial charge is 0.449 e. The predicted octanol–water partition coefficient (Wildman–Crippen LogP) is 4.40. The average Bonchev–Trinajstić information content (AvgIpc) is 2.60. The molecule has 28 heavy (non-hydrogen) atoms. The second-order valence-electron chi connectivity index (χ2n) is 5.73. The predicted molar refractivity (Wildman–Crippen MR) is 87.3 cm³/mol. The number of aromatic nitrogens is 1. The monoisotopic (exact) mass is 399 g/mol. The zero-order valence-corrected chi connectivity index (χ0v) is 13.8. The van der Waals surface area contributed by atoms with Gasteiger partial charge in [-0.1, -0.05) is 18.2 Å². The van der Waals surface area contributed by atoms with E-state index in [4.69, 9.17) is 5.11 Å². The first kappa shape index (κ1) is 19.3. The van der Waals surface area contributed by atoms with Crippen molar-refractivity contribution in [2.75, 3.05) is 0 Å². The highest BCUT2D eigenvalue weighted by Crippen LogP contribution is 2.33. The lowest BCUT2D eigenvalue weighted by Gasteiger charge is -2.17. The molecule has 0 unspecified atom stereocenters. The first-order valence-electron chi connectivity index (χ1n) is 7.66. The Hall–Kier alpha value is -3.43. The Balaban J connectivity index is 2.30. The van der Waals surface area contributed by atoms with Crippen LogP contribution in [0.5, 0.6) is 5.75 Å². The first-order valence-corrected chi connectivity index (χ1v) is 7.66. The van der Waals surface area contributed by atoms with Crippen LogP contribution in [0.25, 0.3) is 10.9 Å². The molecule has 5 nitrogen and oxygen atoms in total. The zero-order chi connectivity index (χ0) is 20.6. The van der Waals surface area contributed by atoms with Crippen LogP contribution in [0, 0.1) is 11.6 Å². The molecule has 1 heterocycles. The molecule has 3 aromatic rings. The number of pyridine rings is 1. The fraction of sp³-hybridized carbons (Fsp3) is 0.111. The van der Waals surface area contributed by atoms with Crippen LogP contribution >= 0.6 is 0 Å². The topological polar surface area (TPSA) is 68.5 Å². The van der Waals surface area contributed by atoms with Crippen LogP contribution < -0.4 is 10.2 Å². The van der Waals surface area contributed by atoms with Crippen molar-refractivity contribution in [1.29, 1.82) is 0 Å². The van der Waals surface area contributed by atoms with Gasteiger partial charge in [0, 0.05) is 6.54 Å². The second kappa shape index (κ2) is 6.95. The molecule has 2 aromatic carbocycles. The molecule has 1 aromatic heterocycles. The highest BCUT2D eigenvalue weighted by atomic mass is 19.4. The van der Waals surface area contributed by atoms with Gasteiger partial charge < -0.3 is 14.4 Å². The van der Waals surface area contributed by atoms with Crippen LogP contribution in [0.2, 0.25) is 0 Å². The minimum absolute atomic E-state index is 0.301. The van der Waals surface area contributed by atoms with Crippen LogP contribution in [0.3, 0.4) is 0 Å². The third-order valence-corrected chi connectivity index (χ3v) is 3.95. The maximum Gasteiger partial charge on any atom is 0.511 e. The Kier molecular flexibility index (Phi) is 4.80. The molecule has 0 aliphatic carbocycles. The maximum atomic E-state index is 14.3.